The molecule has 1 amide bonds. The number of nitrogens with one attached hydrogen (secondary N) is 1. The molecule has 112 valence electrons. The summed E-state index contributed by atoms with van der Waals surface area (Å²) >= 11 is 6.60. The van der Waals surface area contributed by atoms with E-state index in [2.05, 4.69) is 26.2 Å². The highest BCUT2D eigenvalue weighted by Gasteiger charge is 2.10. The Labute approximate surface area is 145 Å². The van der Waals surface area contributed by atoms with E-state index in [-0.39, 0.29) is 5.91 Å². The van der Waals surface area contributed by atoms with E-state index in [1.807, 2.05) is 48.7 Å². The number of benzene rings is 1. The smallest absolute Gasteiger partial charge is 0.231 e. The minimum atomic E-state index is -0.0443. The molecule has 0 bridgehead atoms. The van der Waals surface area contributed by atoms with Crippen molar-refractivity contribution in [3.63, 3.8) is 0 Å². The van der Waals surface area contributed by atoms with Crippen molar-refractivity contribution in [1.82, 2.24) is 4.98 Å². The van der Waals surface area contributed by atoms with Crippen molar-refractivity contribution in [2.24, 2.45) is 0 Å². The van der Waals surface area contributed by atoms with Gasteiger partial charge in [-0.25, -0.2) is 4.98 Å². The SMILES string of the molecule is Cc1ccc(NC(=O)Cc2nc(-c3ccc(Br)s3)cs2)cc1. The zero-order chi connectivity index (χ0) is 15.5. The minimum absolute atomic E-state index is 0.0443. The molecule has 0 aliphatic carbocycles. The topological polar surface area (TPSA) is 42.0 Å². The Morgan fingerprint density at radius 1 is 1.23 bits per heavy atom. The third-order valence-corrected chi connectivity index (χ3v) is 5.52. The minimum Gasteiger partial charge on any atom is -0.326 e. The van der Waals surface area contributed by atoms with Crippen LogP contribution in [0.2, 0.25) is 0 Å². The molecule has 22 heavy (non-hydrogen) atoms. The summed E-state index contributed by atoms with van der Waals surface area (Å²) in [5, 5.41) is 5.71. The van der Waals surface area contributed by atoms with Gasteiger partial charge in [0.2, 0.25) is 5.91 Å². The van der Waals surface area contributed by atoms with Crippen LogP contribution in [0.4, 0.5) is 5.69 Å². The van der Waals surface area contributed by atoms with Crippen molar-refractivity contribution >= 4 is 50.2 Å². The van der Waals surface area contributed by atoms with E-state index >= 15 is 0 Å². The van der Waals surface area contributed by atoms with Gasteiger partial charge in [0, 0.05) is 11.1 Å². The average molecular weight is 393 g/mol. The Bertz CT molecular complexity index is 793. The van der Waals surface area contributed by atoms with Crippen LogP contribution in [0, 0.1) is 6.92 Å². The molecule has 0 aliphatic heterocycles. The molecule has 0 saturated heterocycles. The number of halogens is 1. The Balaban J connectivity index is 1.64. The van der Waals surface area contributed by atoms with Gasteiger partial charge in [-0.05, 0) is 47.1 Å². The maximum absolute atomic E-state index is 12.1. The molecule has 0 atom stereocenters. The number of hydrogen-bond donors (Lipinski definition) is 1. The van der Waals surface area contributed by atoms with Crippen LogP contribution in [-0.4, -0.2) is 10.9 Å². The molecular formula is C16H13BrN2OS2. The van der Waals surface area contributed by atoms with Crippen LogP contribution >= 0.6 is 38.6 Å². The summed E-state index contributed by atoms with van der Waals surface area (Å²) in [4.78, 5) is 17.7. The normalized spacial score (nSPS) is 10.6. The quantitative estimate of drug-likeness (QED) is 0.668. The van der Waals surface area contributed by atoms with Crippen LogP contribution in [0.3, 0.4) is 0 Å². The lowest BCUT2D eigenvalue weighted by atomic mass is 10.2. The first-order valence-electron chi connectivity index (χ1n) is 6.67. The lowest BCUT2D eigenvalue weighted by Crippen LogP contribution is -2.14. The van der Waals surface area contributed by atoms with Crippen molar-refractivity contribution in [2.75, 3.05) is 5.32 Å². The monoisotopic (exact) mass is 392 g/mol. The first-order valence-corrected chi connectivity index (χ1v) is 9.16. The number of aryl methyl sites for hydroxylation is 1. The molecule has 3 nitrogen and oxygen atoms in total. The molecule has 1 aromatic carbocycles. The van der Waals surface area contributed by atoms with Crippen LogP contribution in [0.25, 0.3) is 10.6 Å². The summed E-state index contributed by atoms with van der Waals surface area (Å²) in [7, 11) is 0. The van der Waals surface area contributed by atoms with Gasteiger partial charge in [0.25, 0.3) is 0 Å². The molecule has 0 saturated carbocycles. The number of thiophene rings is 1. The fourth-order valence-corrected chi connectivity index (χ4v) is 4.15. The molecule has 6 heteroatoms. The fraction of sp³-hybridized carbons (Fsp3) is 0.125. The van der Waals surface area contributed by atoms with Crippen LogP contribution in [0.1, 0.15) is 10.6 Å². The number of aromatic nitrogens is 1. The summed E-state index contributed by atoms with van der Waals surface area (Å²) < 4.78 is 1.08. The molecule has 2 heterocycles. The second kappa shape index (κ2) is 6.73. The number of carbonyl (C=O) groups is 1. The predicted octanol–water partition coefficient (Wildman–Crippen LogP) is 5.12. The van der Waals surface area contributed by atoms with Crippen molar-refractivity contribution in [3.8, 4) is 10.6 Å². The van der Waals surface area contributed by atoms with Crippen LogP contribution in [0.5, 0.6) is 0 Å². The Kier molecular flexibility index (Phi) is 4.71. The van der Waals surface area contributed by atoms with E-state index in [1.54, 1.807) is 11.3 Å². The van der Waals surface area contributed by atoms with Gasteiger partial charge in [-0.3, -0.25) is 4.79 Å². The van der Waals surface area contributed by atoms with Crippen LogP contribution in [0.15, 0.2) is 45.6 Å². The first-order chi connectivity index (χ1) is 10.6. The Hall–Kier alpha value is -1.50. The van der Waals surface area contributed by atoms with Gasteiger partial charge in [-0.15, -0.1) is 22.7 Å². The van der Waals surface area contributed by atoms with Gasteiger partial charge in [-0.2, -0.15) is 0 Å². The van der Waals surface area contributed by atoms with E-state index in [0.717, 1.165) is 25.1 Å². The highest BCUT2D eigenvalue weighted by molar-refractivity contribution is 9.11. The lowest BCUT2D eigenvalue weighted by Gasteiger charge is -2.04. The molecule has 0 aliphatic rings. The summed E-state index contributed by atoms with van der Waals surface area (Å²) in [6.45, 7) is 2.02. The number of carbonyl (C=O) groups excluding carboxylic acids is 1. The first kappa shape index (κ1) is 15.4. The molecular weight excluding hydrogens is 380 g/mol. The van der Waals surface area contributed by atoms with Crippen molar-refractivity contribution in [3.05, 3.63) is 56.1 Å². The molecule has 2 aromatic heterocycles. The average Bonchev–Trinajstić information content (AvgIpc) is 3.10. The maximum Gasteiger partial charge on any atom is 0.231 e. The van der Waals surface area contributed by atoms with E-state index in [9.17, 15) is 4.79 Å². The van der Waals surface area contributed by atoms with Crippen LogP contribution in [-0.2, 0) is 11.2 Å². The van der Waals surface area contributed by atoms with Crippen molar-refractivity contribution in [1.29, 1.82) is 0 Å². The molecule has 0 fully saturated rings. The van der Waals surface area contributed by atoms with E-state index in [4.69, 9.17) is 0 Å². The lowest BCUT2D eigenvalue weighted by molar-refractivity contribution is -0.115. The summed E-state index contributed by atoms with van der Waals surface area (Å²) in [5.41, 5.74) is 2.91. The van der Waals surface area contributed by atoms with Crippen molar-refractivity contribution in [2.45, 2.75) is 13.3 Å². The summed E-state index contributed by atoms with van der Waals surface area (Å²) in [5.74, 6) is -0.0443. The van der Waals surface area contributed by atoms with E-state index < -0.39 is 0 Å². The Morgan fingerprint density at radius 3 is 2.68 bits per heavy atom. The van der Waals surface area contributed by atoms with Gasteiger partial charge >= 0.3 is 0 Å². The largest absolute Gasteiger partial charge is 0.326 e. The van der Waals surface area contributed by atoms with Gasteiger partial charge in [-0.1, -0.05) is 17.7 Å². The summed E-state index contributed by atoms with van der Waals surface area (Å²) in [6.07, 6.45) is 0.297. The van der Waals surface area contributed by atoms with E-state index in [1.165, 1.54) is 16.9 Å². The maximum atomic E-state index is 12.1. The number of amides is 1. The second-order valence-corrected chi connectivity index (χ2v) is 8.23. The van der Waals surface area contributed by atoms with Crippen molar-refractivity contribution < 1.29 is 4.79 Å². The standard InChI is InChI=1S/C16H13BrN2OS2/c1-10-2-4-11(5-3-10)18-15(20)8-16-19-12(9-21-16)13-6-7-14(17)22-13/h2-7,9H,8H2,1H3,(H,18,20). The number of thiazole rings is 1. The molecule has 0 spiro atoms. The molecule has 0 radical (unpaired) electrons. The van der Waals surface area contributed by atoms with Gasteiger partial charge < -0.3 is 5.32 Å². The van der Waals surface area contributed by atoms with Gasteiger partial charge in [0.1, 0.15) is 5.01 Å². The fourth-order valence-electron chi connectivity index (χ4n) is 1.94. The molecule has 0 unspecified atom stereocenters. The number of rotatable bonds is 4. The van der Waals surface area contributed by atoms with Gasteiger partial charge in [0.05, 0.1) is 20.8 Å². The molecule has 1 N–H and O–H groups in total. The zero-order valence-corrected chi connectivity index (χ0v) is 15.0. The highest BCUT2D eigenvalue weighted by atomic mass is 79.9. The number of nitrogens with zero attached hydrogens (tertiary/aromatic N) is 1. The predicted molar refractivity (Wildman–Crippen MR) is 96.6 cm³/mol. The Morgan fingerprint density at radius 2 is 2.00 bits per heavy atom. The number of hydrogen-bond acceptors (Lipinski definition) is 4. The zero-order valence-electron chi connectivity index (χ0n) is 11.8. The third-order valence-electron chi connectivity index (χ3n) is 3.02. The molecule has 3 aromatic rings. The highest BCUT2D eigenvalue weighted by Crippen LogP contribution is 2.31. The third kappa shape index (κ3) is 3.82. The van der Waals surface area contributed by atoms with Gasteiger partial charge in [0.15, 0.2) is 0 Å². The summed E-state index contributed by atoms with van der Waals surface area (Å²) in [6, 6.07) is 11.8. The molecule has 3 rings (SSSR count). The van der Waals surface area contributed by atoms with Crippen LogP contribution < -0.4 is 5.32 Å². The van der Waals surface area contributed by atoms with E-state index in [0.29, 0.717) is 6.42 Å². The second-order valence-electron chi connectivity index (χ2n) is 4.82. The number of anilines is 1.